The van der Waals surface area contributed by atoms with E-state index in [0.29, 0.717) is 5.92 Å². The number of nitrogens with zero attached hydrogens (tertiary/aromatic N) is 2. The van der Waals surface area contributed by atoms with Crippen molar-refractivity contribution in [3.8, 4) is 5.69 Å². The van der Waals surface area contributed by atoms with Crippen LogP contribution < -0.4 is 0 Å². The minimum atomic E-state index is -0.425. The van der Waals surface area contributed by atoms with E-state index < -0.39 is 6.10 Å². The van der Waals surface area contributed by atoms with Crippen LogP contribution in [0.2, 0.25) is 0 Å². The summed E-state index contributed by atoms with van der Waals surface area (Å²) in [5.41, 5.74) is 1.90. The van der Waals surface area contributed by atoms with Crippen LogP contribution in [0.4, 0.5) is 0 Å². The summed E-state index contributed by atoms with van der Waals surface area (Å²) in [4.78, 5) is 0. The Hall–Kier alpha value is -1.26. The minimum Gasteiger partial charge on any atom is -0.387 e. The number of hydrogen-bond acceptors (Lipinski definition) is 3. The molecule has 1 aliphatic heterocycles. The highest BCUT2D eigenvalue weighted by molar-refractivity contribution is 7.99. The molecular formula is C16H20N2OS. The second-order valence-corrected chi connectivity index (χ2v) is 6.54. The number of para-hydroxylation sites is 1. The highest BCUT2D eigenvalue weighted by Gasteiger charge is 2.21. The molecule has 0 spiro atoms. The van der Waals surface area contributed by atoms with Crippen molar-refractivity contribution in [3.63, 3.8) is 0 Å². The predicted molar refractivity (Wildman–Crippen MR) is 83.2 cm³/mol. The van der Waals surface area contributed by atoms with Crippen LogP contribution in [-0.2, 0) is 0 Å². The molecule has 2 heterocycles. The third-order valence-corrected chi connectivity index (χ3v) is 4.96. The lowest BCUT2D eigenvalue weighted by Gasteiger charge is -2.24. The smallest absolute Gasteiger partial charge is 0.0963 e. The summed E-state index contributed by atoms with van der Waals surface area (Å²) in [7, 11) is 0. The fourth-order valence-electron chi connectivity index (χ4n) is 2.77. The van der Waals surface area contributed by atoms with E-state index in [9.17, 15) is 5.11 Å². The normalized spacial score (nSPS) is 18.1. The summed E-state index contributed by atoms with van der Waals surface area (Å²) in [6, 6.07) is 11.9. The third-order valence-electron chi connectivity index (χ3n) is 3.91. The van der Waals surface area contributed by atoms with E-state index in [1.54, 1.807) is 6.20 Å². The molecule has 1 atom stereocenters. The average molecular weight is 288 g/mol. The molecule has 0 radical (unpaired) electrons. The molecule has 4 heteroatoms. The van der Waals surface area contributed by atoms with Crippen molar-refractivity contribution in [2.75, 3.05) is 11.5 Å². The van der Waals surface area contributed by atoms with Gasteiger partial charge >= 0.3 is 0 Å². The molecule has 1 aromatic carbocycles. The lowest BCUT2D eigenvalue weighted by Crippen LogP contribution is -2.15. The summed E-state index contributed by atoms with van der Waals surface area (Å²) in [6.45, 7) is 0. The number of aromatic nitrogens is 2. The minimum absolute atomic E-state index is 0.425. The lowest BCUT2D eigenvalue weighted by atomic mass is 9.94. The van der Waals surface area contributed by atoms with Crippen LogP contribution in [-0.4, -0.2) is 26.4 Å². The molecule has 0 aliphatic carbocycles. The van der Waals surface area contributed by atoms with E-state index in [0.717, 1.165) is 17.8 Å². The van der Waals surface area contributed by atoms with Crippen molar-refractivity contribution < 1.29 is 5.11 Å². The number of thioether (sulfide) groups is 1. The molecule has 1 aromatic heterocycles. The molecule has 1 N–H and O–H groups in total. The number of aliphatic hydroxyl groups excluding tert-OH is 1. The molecule has 1 aliphatic rings. The summed E-state index contributed by atoms with van der Waals surface area (Å²) in [5.74, 6) is 3.11. The Bertz CT molecular complexity index is 534. The van der Waals surface area contributed by atoms with Crippen LogP contribution in [0.25, 0.3) is 5.69 Å². The Morgan fingerprint density at radius 3 is 2.70 bits per heavy atom. The van der Waals surface area contributed by atoms with Crippen LogP contribution >= 0.6 is 11.8 Å². The third kappa shape index (κ3) is 3.07. The highest BCUT2D eigenvalue weighted by atomic mass is 32.2. The van der Waals surface area contributed by atoms with Gasteiger partial charge < -0.3 is 5.11 Å². The van der Waals surface area contributed by atoms with Crippen LogP contribution in [0, 0.1) is 5.92 Å². The molecule has 1 saturated heterocycles. The van der Waals surface area contributed by atoms with Crippen molar-refractivity contribution in [2.45, 2.75) is 25.4 Å². The van der Waals surface area contributed by atoms with Gasteiger partial charge in [-0.1, -0.05) is 18.2 Å². The fourth-order valence-corrected chi connectivity index (χ4v) is 3.97. The molecule has 2 aromatic rings. The summed E-state index contributed by atoms with van der Waals surface area (Å²) >= 11 is 2.02. The van der Waals surface area contributed by atoms with Gasteiger partial charge in [0, 0.05) is 6.20 Å². The fraction of sp³-hybridized carbons (Fsp3) is 0.438. The number of benzene rings is 1. The topological polar surface area (TPSA) is 38.1 Å². The molecule has 1 unspecified atom stereocenters. The van der Waals surface area contributed by atoms with Gasteiger partial charge in [0.15, 0.2) is 0 Å². The van der Waals surface area contributed by atoms with Gasteiger partial charge in [0.1, 0.15) is 0 Å². The Labute approximate surface area is 124 Å². The zero-order valence-electron chi connectivity index (χ0n) is 11.5. The van der Waals surface area contributed by atoms with Crippen LogP contribution in [0.15, 0.2) is 42.6 Å². The van der Waals surface area contributed by atoms with Crippen LogP contribution in [0.3, 0.4) is 0 Å². The van der Waals surface area contributed by atoms with E-state index in [4.69, 9.17) is 0 Å². The first-order valence-electron chi connectivity index (χ1n) is 7.20. The SMILES string of the molecule is OC(CC1CCSCC1)c1ccnn1-c1ccccc1. The molecule has 0 bridgehead atoms. The molecule has 20 heavy (non-hydrogen) atoms. The number of rotatable bonds is 4. The Morgan fingerprint density at radius 1 is 1.20 bits per heavy atom. The zero-order valence-corrected chi connectivity index (χ0v) is 12.3. The lowest BCUT2D eigenvalue weighted by molar-refractivity contribution is 0.134. The number of aliphatic hydroxyl groups is 1. The van der Waals surface area contributed by atoms with Crippen molar-refractivity contribution in [3.05, 3.63) is 48.3 Å². The zero-order chi connectivity index (χ0) is 13.8. The van der Waals surface area contributed by atoms with E-state index in [2.05, 4.69) is 5.10 Å². The van der Waals surface area contributed by atoms with Gasteiger partial charge in [0.2, 0.25) is 0 Å². The Kier molecular flexibility index (Phi) is 4.43. The van der Waals surface area contributed by atoms with Crippen molar-refractivity contribution in [2.24, 2.45) is 5.92 Å². The molecule has 1 fully saturated rings. The van der Waals surface area contributed by atoms with Gasteiger partial charge in [-0.2, -0.15) is 16.9 Å². The van der Waals surface area contributed by atoms with Crippen LogP contribution in [0.1, 0.15) is 31.1 Å². The van der Waals surface area contributed by atoms with Gasteiger partial charge in [-0.05, 0) is 54.9 Å². The van der Waals surface area contributed by atoms with Gasteiger partial charge in [-0.25, -0.2) is 4.68 Å². The first-order valence-corrected chi connectivity index (χ1v) is 8.35. The maximum absolute atomic E-state index is 10.5. The quantitative estimate of drug-likeness (QED) is 0.936. The van der Waals surface area contributed by atoms with Crippen LogP contribution in [0.5, 0.6) is 0 Å². The predicted octanol–water partition coefficient (Wildman–Crippen LogP) is 3.44. The monoisotopic (exact) mass is 288 g/mol. The molecule has 0 amide bonds. The summed E-state index contributed by atoms with van der Waals surface area (Å²) in [5, 5.41) is 14.9. The van der Waals surface area contributed by atoms with E-state index >= 15 is 0 Å². The Balaban J connectivity index is 1.75. The molecule has 0 saturated carbocycles. The van der Waals surface area contributed by atoms with Gasteiger partial charge in [0.25, 0.3) is 0 Å². The summed E-state index contributed by atoms with van der Waals surface area (Å²) in [6.07, 6.45) is 4.63. The maximum atomic E-state index is 10.5. The van der Waals surface area contributed by atoms with E-state index in [1.165, 1.54) is 24.3 Å². The van der Waals surface area contributed by atoms with E-state index in [-0.39, 0.29) is 0 Å². The molecule has 106 valence electrons. The second kappa shape index (κ2) is 6.46. The standard InChI is InChI=1S/C16H20N2OS/c19-16(12-13-7-10-20-11-8-13)15-6-9-17-18(15)14-4-2-1-3-5-14/h1-6,9,13,16,19H,7-8,10-12H2. The van der Waals surface area contributed by atoms with Gasteiger partial charge in [-0.15, -0.1) is 0 Å². The molecular weight excluding hydrogens is 268 g/mol. The first kappa shape index (κ1) is 13.7. The second-order valence-electron chi connectivity index (χ2n) is 5.31. The Morgan fingerprint density at radius 2 is 1.95 bits per heavy atom. The average Bonchev–Trinajstić information content (AvgIpc) is 2.99. The first-order chi connectivity index (χ1) is 9.84. The number of hydrogen-bond donors (Lipinski definition) is 1. The van der Waals surface area contributed by atoms with Crippen molar-refractivity contribution in [1.82, 2.24) is 9.78 Å². The largest absolute Gasteiger partial charge is 0.387 e. The molecule has 3 nitrogen and oxygen atoms in total. The summed E-state index contributed by atoms with van der Waals surface area (Å²) < 4.78 is 1.85. The maximum Gasteiger partial charge on any atom is 0.0963 e. The highest BCUT2D eigenvalue weighted by Crippen LogP contribution is 2.31. The van der Waals surface area contributed by atoms with Crippen molar-refractivity contribution >= 4 is 11.8 Å². The molecule has 3 rings (SSSR count). The van der Waals surface area contributed by atoms with Gasteiger partial charge in [-0.3, -0.25) is 0 Å². The van der Waals surface area contributed by atoms with E-state index in [1.807, 2.05) is 52.8 Å². The van der Waals surface area contributed by atoms with Crippen molar-refractivity contribution in [1.29, 1.82) is 0 Å². The van der Waals surface area contributed by atoms with Gasteiger partial charge in [0.05, 0.1) is 17.5 Å².